The van der Waals surface area contributed by atoms with E-state index in [4.69, 9.17) is 14.2 Å². The van der Waals surface area contributed by atoms with E-state index in [1.165, 1.54) is 14.2 Å². The smallest absolute Gasteiger partial charge is 0.338 e. The summed E-state index contributed by atoms with van der Waals surface area (Å²) >= 11 is 0. The van der Waals surface area contributed by atoms with E-state index in [1.807, 2.05) is 0 Å². The third-order valence-electron chi connectivity index (χ3n) is 4.19. The van der Waals surface area contributed by atoms with Crippen molar-refractivity contribution in [2.45, 2.75) is 19.4 Å². The Kier molecular flexibility index (Phi) is 5.78. The predicted molar refractivity (Wildman–Crippen MR) is 104 cm³/mol. The molecule has 0 fully saturated rings. The molecule has 1 aromatic heterocycles. The Morgan fingerprint density at radius 1 is 1.11 bits per heavy atom. The van der Waals surface area contributed by atoms with E-state index in [9.17, 15) is 9.59 Å². The van der Waals surface area contributed by atoms with Crippen molar-refractivity contribution < 1.29 is 23.8 Å². The largest absolute Gasteiger partial charge is 0.497 e. The molecule has 0 saturated carbocycles. The fourth-order valence-electron chi connectivity index (χ4n) is 2.68. The van der Waals surface area contributed by atoms with Crippen molar-refractivity contribution in [3.05, 3.63) is 48.3 Å². The van der Waals surface area contributed by atoms with Gasteiger partial charge in [-0.3, -0.25) is 4.79 Å². The number of nitrogens with one attached hydrogen (secondary N) is 2. The highest BCUT2D eigenvalue weighted by molar-refractivity contribution is 5.98. The van der Waals surface area contributed by atoms with Crippen molar-refractivity contribution in [1.29, 1.82) is 0 Å². The van der Waals surface area contributed by atoms with Crippen LogP contribution in [0.4, 0.5) is 5.69 Å². The molecule has 8 nitrogen and oxygen atoms in total. The highest BCUT2D eigenvalue weighted by Crippen LogP contribution is 2.26. The van der Waals surface area contributed by atoms with Crippen LogP contribution >= 0.6 is 0 Å². The molecule has 1 amide bonds. The molecule has 0 saturated heterocycles. The van der Waals surface area contributed by atoms with E-state index < -0.39 is 18.0 Å². The first-order valence-electron chi connectivity index (χ1n) is 8.72. The van der Waals surface area contributed by atoms with Crippen LogP contribution in [0.3, 0.4) is 0 Å². The number of aromatic amines is 1. The number of benzene rings is 2. The standard InChI is InChI=1S/C20H21N3O5/c1-4-18(19(24)23-13-8-14(26-2)10-15(9-13)27-3)28-20(25)12-5-6-16-17(7-12)22-11-21-16/h5-11,18H,4H2,1-3H3,(H,21,22)(H,23,24). The van der Waals surface area contributed by atoms with E-state index in [0.717, 1.165) is 11.0 Å². The van der Waals surface area contributed by atoms with Crippen molar-refractivity contribution in [2.75, 3.05) is 19.5 Å². The van der Waals surface area contributed by atoms with Crippen LogP contribution in [0.5, 0.6) is 11.5 Å². The average molecular weight is 383 g/mol. The number of H-pyrrole nitrogens is 1. The van der Waals surface area contributed by atoms with Crippen LogP contribution in [-0.4, -0.2) is 42.2 Å². The Bertz CT molecular complexity index is 976. The highest BCUT2D eigenvalue weighted by Gasteiger charge is 2.23. The van der Waals surface area contributed by atoms with Crippen molar-refractivity contribution in [1.82, 2.24) is 9.97 Å². The van der Waals surface area contributed by atoms with Crippen LogP contribution in [0.15, 0.2) is 42.7 Å². The second kappa shape index (κ2) is 8.43. The number of methoxy groups -OCH3 is 2. The summed E-state index contributed by atoms with van der Waals surface area (Å²) in [4.78, 5) is 32.1. The van der Waals surface area contributed by atoms with Gasteiger partial charge >= 0.3 is 5.97 Å². The number of amides is 1. The first-order chi connectivity index (χ1) is 13.5. The summed E-state index contributed by atoms with van der Waals surface area (Å²) in [6.45, 7) is 1.77. The number of nitrogens with zero attached hydrogens (tertiary/aromatic N) is 1. The van der Waals surface area contributed by atoms with Crippen molar-refractivity contribution in [3.8, 4) is 11.5 Å². The minimum absolute atomic E-state index is 0.324. The number of hydrogen-bond donors (Lipinski definition) is 2. The topological polar surface area (TPSA) is 103 Å². The summed E-state index contributed by atoms with van der Waals surface area (Å²) < 4.78 is 15.8. The second-order valence-electron chi connectivity index (χ2n) is 6.03. The number of anilines is 1. The lowest BCUT2D eigenvalue weighted by Crippen LogP contribution is -2.32. The lowest BCUT2D eigenvalue weighted by molar-refractivity contribution is -0.124. The summed E-state index contributed by atoms with van der Waals surface area (Å²) in [6.07, 6.45) is 0.928. The molecule has 1 atom stereocenters. The van der Waals surface area contributed by atoms with Crippen LogP contribution in [-0.2, 0) is 9.53 Å². The molecule has 0 radical (unpaired) electrons. The second-order valence-corrected chi connectivity index (χ2v) is 6.03. The molecule has 3 rings (SSSR count). The number of imidazole rings is 1. The molecule has 28 heavy (non-hydrogen) atoms. The van der Waals surface area contributed by atoms with Gasteiger partial charge in [0.2, 0.25) is 0 Å². The minimum atomic E-state index is -0.942. The van der Waals surface area contributed by atoms with Gasteiger partial charge in [0.05, 0.1) is 37.1 Å². The molecular weight excluding hydrogens is 362 g/mol. The molecule has 0 bridgehead atoms. The predicted octanol–water partition coefficient (Wildman–Crippen LogP) is 3.15. The third-order valence-corrected chi connectivity index (χ3v) is 4.19. The van der Waals surface area contributed by atoms with E-state index in [0.29, 0.717) is 29.2 Å². The molecule has 8 heteroatoms. The quantitative estimate of drug-likeness (QED) is 0.608. The maximum Gasteiger partial charge on any atom is 0.338 e. The van der Waals surface area contributed by atoms with Crippen LogP contribution in [0.25, 0.3) is 11.0 Å². The summed E-state index contributed by atoms with van der Waals surface area (Å²) in [7, 11) is 3.04. The fraction of sp³-hybridized carbons (Fsp3) is 0.250. The van der Waals surface area contributed by atoms with Crippen LogP contribution in [0.2, 0.25) is 0 Å². The molecule has 2 aromatic carbocycles. The van der Waals surface area contributed by atoms with E-state index in [-0.39, 0.29) is 0 Å². The molecule has 1 unspecified atom stereocenters. The van der Waals surface area contributed by atoms with Crippen LogP contribution in [0, 0.1) is 0 Å². The summed E-state index contributed by atoms with van der Waals surface area (Å²) in [5, 5.41) is 2.73. The SMILES string of the molecule is CCC(OC(=O)c1ccc2nc[nH]c2c1)C(=O)Nc1cc(OC)cc(OC)c1. The number of carbonyl (C=O) groups excluding carboxylic acids is 2. The van der Waals surface area contributed by atoms with Gasteiger partial charge in [0.1, 0.15) is 11.5 Å². The number of aromatic nitrogens is 2. The van der Waals surface area contributed by atoms with Gasteiger partial charge in [-0.05, 0) is 24.6 Å². The van der Waals surface area contributed by atoms with Crippen molar-refractivity contribution in [3.63, 3.8) is 0 Å². The van der Waals surface area contributed by atoms with Gasteiger partial charge in [-0.15, -0.1) is 0 Å². The minimum Gasteiger partial charge on any atom is -0.497 e. The van der Waals surface area contributed by atoms with Gasteiger partial charge in [0, 0.05) is 23.9 Å². The van der Waals surface area contributed by atoms with Gasteiger partial charge in [-0.1, -0.05) is 6.92 Å². The number of rotatable bonds is 7. The van der Waals surface area contributed by atoms with Crippen molar-refractivity contribution >= 4 is 28.6 Å². The van der Waals surface area contributed by atoms with E-state index in [1.54, 1.807) is 49.6 Å². The van der Waals surface area contributed by atoms with Crippen LogP contribution < -0.4 is 14.8 Å². The molecule has 0 aliphatic heterocycles. The molecular formula is C20H21N3O5. The highest BCUT2D eigenvalue weighted by atomic mass is 16.5. The van der Waals surface area contributed by atoms with E-state index in [2.05, 4.69) is 15.3 Å². The molecule has 1 heterocycles. The lowest BCUT2D eigenvalue weighted by atomic mass is 10.2. The van der Waals surface area contributed by atoms with E-state index >= 15 is 0 Å². The summed E-state index contributed by atoms with van der Waals surface area (Å²) in [5.74, 6) is 0.0515. The zero-order valence-electron chi connectivity index (χ0n) is 15.8. The Morgan fingerprint density at radius 3 is 2.46 bits per heavy atom. The first kappa shape index (κ1) is 19.2. The Morgan fingerprint density at radius 2 is 1.82 bits per heavy atom. The molecule has 3 aromatic rings. The summed E-state index contributed by atoms with van der Waals surface area (Å²) in [5.41, 5.74) is 2.28. The maximum atomic E-state index is 12.6. The molecule has 0 spiro atoms. The van der Waals surface area contributed by atoms with Gasteiger partial charge in [0.15, 0.2) is 6.10 Å². The van der Waals surface area contributed by atoms with Gasteiger partial charge in [-0.25, -0.2) is 9.78 Å². The first-order valence-corrected chi connectivity index (χ1v) is 8.72. The molecule has 2 N–H and O–H groups in total. The number of ether oxygens (including phenoxy) is 3. The number of carbonyl (C=O) groups is 2. The molecule has 146 valence electrons. The van der Waals surface area contributed by atoms with Gasteiger partial charge < -0.3 is 24.5 Å². The Labute approximate surface area is 161 Å². The van der Waals surface area contributed by atoms with Gasteiger partial charge in [-0.2, -0.15) is 0 Å². The monoisotopic (exact) mass is 383 g/mol. The zero-order valence-corrected chi connectivity index (χ0v) is 15.8. The van der Waals surface area contributed by atoms with Crippen molar-refractivity contribution in [2.24, 2.45) is 0 Å². The zero-order chi connectivity index (χ0) is 20.1. The summed E-state index contributed by atoms with van der Waals surface area (Å²) in [6, 6.07) is 9.97. The number of esters is 1. The third kappa shape index (κ3) is 4.22. The normalized spacial score (nSPS) is 11.7. The Balaban J connectivity index is 1.71. The van der Waals surface area contributed by atoms with Crippen LogP contribution in [0.1, 0.15) is 23.7 Å². The molecule has 0 aliphatic carbocycles. The lowest BCUT2D eigenvalue weighted by Gasteiger charge is -2.17. The molecule has 0 aliphatic rings. The van der Waals surface area contributed by atoms with Gasteiger partial charge in [0.25, 0.3) is 5.91 Å². The number of hydrogen-bond acceptors (Lipinski definition) is 6. The Hall–Kier alpha value is -3.55. The average Bonchev–Trinajstić information content (AvgIpc) is 3.19. The fourth-order valence-corrected chi connectivity index (χ4v) is 2.68. The maximum absolute atomic E-state index is 12.6. The number of fused-ring (bicyclic) bond motifs is 1.